The van der Waals surface area contributed by atoms with Gasteiger partial charge in [-0.3, -0.25) is 4.90 Å². The fraction of sp³-hybridized carbons (Fsp3) is 0.429. The van der Waals surface area contributed by atoms with Gasteiger partial charge in [-0.2, -0.15) is 0 Å². The molecule has 0 radical (unpaired) electrons. The predicted molar refractivity (Wildman–Crippen MR) is 68.6 cm³/mol. The topological polar surface area (TPSA) is 66.8 Å². The molecule has 102 valence electrons. The van der Waals surface area contributed by atoms with Crippen molar-refractivity contribution in [1.82, 2.24) is 4.90 Å². The Bertz CT molecular complexity index is 518. The Morgan fingerprint density at radius 2 is 1.95 bits per heavy atom. The number of nitrogens with zero attached hydrogens (tertiary/aromatic N) is 1. The van der Waals surface area contributed by atoms with Crippen molar-refractivity contribution >= 4 is 12.1 Å². The summed E-state index contributed by atoms with van der Waals surface area (Å²) in [4.78, 5) is 24.7. The number of carbonyl (C=O) groups excluding carboxylic acids is 1. The van der Waals surface area contributed by atoms with Crippen LogP contribution >= 0.6 is 0 Å². The van der Waals surface area contributed by atoms with E-state index < -0.39 is 23.7 Å². The lowest BCUT2D eigenvalue weighted by molar-refractivity contribution is -0.143. The maximum atomic E-state index is 12.1. The summed E-state index contributed by atoms with van der Waals surface area (Å²) in [6.45, 7) is 5.53. The highest BCUT2D eigenvalue weighted by Crippen LogP contribution is 2.34. The molecule has 1 unspecified atom stereocenters. The molecule has 0 fully saturated rings. The zero-order valence-electron chi connectivity index (χ0n) is 11.2. The van der Waals surface area contributed by atoms with Crippen molar-refractivity contribution in [2.45, 2.75) is 39.0 Å². The Labute approximate surface area is 111 Å². The van der Waals surface area contributed by atoms with E-state index >= 15 is 0 Å². The van der Waals surface area contributed by atoms with Crippen LogP contribution in [0.5, 0.6) is 0 Å². The molecule has 0 aromatic heterocycles. The third-order valence-corrected chi connectivity index (χ3v) is 2.86. The molecule has 1 aliphatic heterocycles. The molecule has 1 aromatic rings. The van der Waals surface area contributed by atoms with Crippen LogP contribution in [-0.2, 0) is 16.1 Å². The largest absolute Gasteiger partial charge is 0.479 e. The van der Waals surface area contributed by atoms with Crippen LogP contribution in [0.15, 0.2) is 24.3 Å². The minimum atomic E-state index is -1.05. The average Bonchev–Trinajstić information content (AvgIpc) is 2.65. The molecule has 0 aliphatic carbocycles. The van der Waals surface area contributed by atoms with Crippen LogP contribution in [0.25, 0.3) is 0 Å². The average molecular weight is 263 g/mol. The van der Waals surface area contributed by atoms with Crippen LogP contribution < -0.4 is 0 Å². The number of ether oxygens (including phenoxy) is 1. The van der Waals surface area contributed by atoms with Gasteiger partial charge in [0.25, 0.3) is 0 Å². The lowest BCUT2D eigenvalue weighted by Crippen LogP contribution is -2.38. The quantitative estimate of drug-likeness (QED) is 0.845. The number of carboxylic acids is 1. The molecule has 1 N–H and O–H groups in total. The molecule has 1 heterocycles. The van der Waals surface area contributed by atoms with E-state index in [-0.39, 0.29) is 6.54 Å². The third-order valence-electron chi connectivity index (χ3n) is 2.86. The lowest BCUT2D eigenvalue weighted by Gasteiger charge is -2.27. The van der Waals surface area contributed by atoms with Crippen LogP contribution in [0.3, 0.4) is 0 Å². The Morgan fingerprint density at radius 3 is 2.53 bits per heavy atom. The summed E-state index contributed by atoms with van der Waals surface area (Å²) < 4.78 is 5.26. The molecule has 1 atom stereocenters. The van der Waals surface area contributed by atoms with Crippen LogP contribution in [0.2, 0.25) is 0 Å². The second-order valence-electron chi connectivity index (χ2n) is 5.55. The first-order valence-corrected chi connectivity index (χ1v) is 6.10. The van der Waals surface area contributed by atoms with Gasteiger partial charge in [-0.05, 0) is 31.9 Å². The number of hydrogen-bond acceptors (Lipinski definition) is 3. The number of benzene rings is 1. The standard InChI is InChI=1S/C14H17NO4/c1-14(2,3)19-13(18)15-8-9-6-4-5-7-10(9)11(15)12(16)17/h4-7,11H,8H2,1-3H3,(H,16,17). The summed E-state index contributed by atoms with van der Waals surface area (Å²) in [5, 5.41) is 9.33. The minimum Gasteiger partial charge on any atom is -0.479 e. The van der Waals surface area contributed by atoms with E-state index in [9.17, 15) is 14.7 Å². The molecule has 2 rings (SSSR count). The number of fused-ring (bicyclic) bond motifs is 1. The van der Waals surface area contributed by atoms with E-state index in [1.54, 1.807) is 32.9 Å². The number of amides is 1. The molecular weight excluding hydrogens is 246 g/mol. The summed E-state index contributed by atoms with van der Waals surface area (Å²) in [6, 6.07) is 6.20. The molecule has 19 heavy (non-hydrogen) atoms. The first-order chi connectivity index (χ1) is 8.79. The summed E-state index contributed by atoms with van der Waals surface area (Å²) in [5.74, 6) is -1.05. The van der Waals surface area contributed by atoms with E-state index in [2.05, 4.69) is 0 Å². The highest BCUT2D eigenvalue weighted by molar-refractivity contribution is 5.83. The van der Waals surface area contributed by atoms with Crippen LogP contribution in [0, 0.1) is 0 Å². The molecule has 1 aliphatic rings. The van der Waals surface area contributed by atoms with Crippen LogP contribution in [0.1, 0.15) is 37.9 Å². The van der Waals surface area contributed by atoms with Crippen molar-refractivity contribution < 1.29 is 19.4 Å². The van der Waals surface area contributed by atoms with Gasteiger partial charge < -0.3 is 9.84 Å². The number of carbonyl (C=O) groups is 2. The van der Waals surface area contributed by atoms with Gasteiger partial charge in [0, 0.05) is 0 Å². The summed E-state index contributed by atoms with van der Waals surface area (Å²) >= 11 is 0. The van der Waals surface area contributed by atoms with Crippen molar-refractivity contribution in [1.29, 1.82) is 0 Å². The van der Waals surface area contributed by atoms with Crippen molar-refractivity contribution in [2.24, 2.45) is 0 Å². The molecule has 1 amide bonds. The second kappa shape index (κ2) is 4.57. The first kappa shape index (κ1) is 13.4. The minimum absolute atomic E-state index is 0.266. The summed E-state index contributed by atoms with van der Waals surface area (Å²) in [5.41, 5.74) is 0.858. The molecule has 0 saturated carbocycles. The smallest absolute Gasteiger partial charge is 0.411 e. The maximum absolute atomic E-state index is 12.1. The molecular formula is C14H17NO4. The fourth-order valence-corrected chi connectivity index (χ4v) is 2.14. The third kappa shape index (κ3) is 2.70. The maximum Gasteiger partial charge on any atom is 0.411 e. The zero-order chi connectivity index (χ0) is 14.2. The highest BCUT2D eigenvalue weighted by Gasteiger charge is 2.40. The second-order valence-corrected chi connectivity index (χ2v) is 5.55. The first-order valence-electron chi connectivity index (χ1n) is 6.10. The summed E-state index contributed by atoms with van der Waals surface area (Å²) in [6.07, 6.45) is -0.601. The Balaban J connectivity index is 2.29. The van der Waals surface area contributed by atoms with Gasteiger partial charge in [-0.1, -0.05) is 24.3 Å². The van der Waals surface area contributed by atoms with E-state index in [0.29, 0.717) is 5.56 Å². The van der Waals surface area contributed by atoms with Gasteiger partial charge in [0.1, 0.15) is 5.60 Å². The van der Waals surface area contributed by atoms with Gasteiger partial charge in [-0.25, -0.2) is 9.59 Å². The highest BCUT2D eigenvalue weighted by atomic mass is 16.6. The Kier molecular flexibility index (Phi) is 3.22. The monoisotopic (exact) mass is 263 g/mol. The number of carboxylic acid groups (broad SMARTS) is 1. The molecule has 1 aromatic carbocycles. The van der Waals surface area contributed by atoms with Crippen molar-refractivity contribution in [2.75, 3.05) is 0 Å². The fourth-order valence-electron chi connectivity index (χ4n) is 2.14. The van der Waals surface area contributed by atoms with Gasteiger partial charge in [0.05, 0.1) is 6.54 Å². The SMILES string of the molecule is CC(C)(C)OC(=O)N1Cc2ccccc2C1C(=O)O. The zero-order valence-corrected chi connectivity index (χ0v) is 11.2. The van der Waals surface area contributed by atoms with Crippen LogP contribution in [0.4, 0.5) is 4.79 Å². The Morgan fingerprint density at radius 1 is 1.32 bits per heavy atom. The van der Waals surface area contributed by atoms with Gasteiger partial charge in [0.2, 0.25) is 0 Å². The summed E-state index contributed by atoms with van der Waals surface area (Å²) in [7, 11) is 0. The van der Waals surface area contributed by atoms with Crippen LogP contribution in [-0.4, -0.2) is 27.7 Å². The van der Waals surface area contributed by atoms with E-state index in [1.165, 1.54) is 4.90 Å². The molecule has 0 spiro atoms. The van der Waals surface area contributed by atoms with Crippen molar-refractivity contribution in [3.05, 3.63) is 35.4 Å². The number of aliphatic carboxylic acids is 1. The van der Waals surface area contributed by atoms with Crippen molar-refractivity contribution in [3.63, 3.8) is 0 Å². The van der Waals surface area contributed by atoms with Gasteiger partial charge in [0.15, 0.2) is 6.04 Å². The lowest BCUT2D eigenvalue weighted by atomic mass is 10.1. The van der Waals surface area contributed by atoms with E-state index in [0.717, 1.165) is 5.56 Å². The number of hydrogen-bond donors (Lipinski definition) is 1. The molecule has 5 heteroatoms. The molecule has 0 saturated heterocycles. The molecule has 0 bridgehead atoms. The number of rotatable bonds is 1. The normalized spacial score (nSPS) is 18.1. The van der Waals surface area contributed by atoms with Crippen molar-refractivity contribution in [3.8, 4) is 0 Å². The Hall–Kier alpha value is -2.04. The van der Waals surface area contributed by atoms with Gasteiger partial charge in [-0.15, -0.1) is 0 Å². The van der Waals surface area contributed by atoms with E-state index in [4.69, 9.17) is 4.74 Å². The molecule has 5 nitrogen and oxygen atoms in total. The van der Waals surface area contributed by atoms with E-state index in [1.807, 2.05) is 12.1 Å². The van der Waals surface area contributed by atoms with Gasteiger partial charge >= 0.3 is 12.1 Å². The predicted octanol–water partition coefficient (Wildman–Crippen LogP) is 2.56.